The molecule has 0 heterocycles. The highest BCUT2D eigenvalue weighted by Crippen LogP contribution is 2.33. The molecule has 1 atom stereocenters. The summed E-state index contributed by atoms with van der Waals surface area (Å²) in [5.41, 5.74) is 5.70. The predicted molar refractivity (Wildman–Crippen MR) is 41.6 cm³/mol. The van der Waals surface area contributed by atoms with E-state index in [0.717, 1.165) is 18.8 Å². The van der Waals surface area contributed by atoms with E-state index in [9.17, 15) is 0 Å². The molecule has 60 valence electrons. The molecule has 10 heavy (non-hydrogen) atoms. The molecule has 0 aromatic heterocycles. The molecule has 0 amide bonds. The Labute approximate surface area is 62.4 Å². The number of hydrogen-bond donors (Lipinski definition) is 2. The van der Waals surface area contributed by atoms with Crippen molar-refractivity contribution in [1.29, 1.82) is 0 Å². The third kappa shape index (κ3) is 3.18. The molecule has 1 aliphatic rings. The van der Waals surface area contributed by atoms with Crippen LogP contribution in [0.3, 0.4) is 0 Å². The highest BCUT2D eigenvalue weighted by atomic mass is 16.3. The van der Waals surface area contributed by atoms with Crippen LogP contribution in [0.4, 0.5) is 0 Å². The lowest BCUT2D eigenvalue weighted by atomic mass is 10.1. The molecular weight excluding hydrogens is 126 g/mol. The van der Waals surface area contributed by atoms with E-state index >= 15 is 0 Å². The fourth-order valence-electron chi connectivity index (χ4n) is 1.17. The lowest BCUT2D eigenvalue weighted by Crippen LogP contribution is -2.21. The first-order chi connectivity index (χ1) is 4.83. The van der Waals surface area contributed by atoms with E-state index in [-0.39, 0.29) is 12.6 Å². The third-order valence-electron chi connectivity index (χ3n) is 2.14. The Kier molecular flexibility index (Phi) is 3.16. The van der Waals surface area contributed by atoms with Crippen molar-refractivity contribution in [2.45, 2.75) is 38.1 Å². The SMILES string of the molecule is NC(CCO)CCC1CC1. The Morgan fingerprint density at radius 3 is 2.60 bits per heavy atom. The van der Waals surface area contributed by atoms with Gasteiger partial charge in [-0.15, -0.1) is 0 Å². The second-order valence-electron chi connectivity index (χ2n) is 3.29. The van der Waals surface area contributed by atoms with Crippen LogP contribution in [0.5, 0.6) is 0 Å². The molecule has 0 radical (unpaired) electrons. The van der Waals surface area contributed by atoms with Crippen LogP contribution in [0.15, 0.2) is 0 Å². The molecular formula is C8H17NO. The van der Waals surface area contributed by atoms with Gasteiger partial charge in [-0.25, -0.2) is 0 Å². The number of aliphatic hydroxyl groups excluding tert-OH is 1. The van der Waals surface area contributed by atoms with E-state index in [4.69, 9.17) is 10.8 Å². The smallest absolute Gasteiger partial charge is 0.0445 e. The summed E-state index contributed by atoms with van der Waals surface area (Å²) in [5, 5.41) is 8.54. The summed E-state index contributed by atoms with van der Waals surface area (Å²) in [6, 6.07) is 0.241. The second-order valence-corrected chi connectivity index (χ2v) is 3.29. The maximum absolute atomic E-state index is 8.54. The minimum Gasteiger partial charge on any atom is -0.396 e. The Hall–Kier alpha value is -0.0800. The van der Waals surface area contributed by atoms with Crippen molar-refractivity contribution in [3.63, 3.8) is 0 Å². The summed E-state index contributed by atoms with van der Waals surface area (Å²) in [5.74, 6) is 0.977. The lowest BCUT2D eigenvalue weighted by molar-refractivity contribution is 0.271. The summed E-state index contributed by atoms with van der Waals surface area (Å²) in [6.45, 7) is 0.242. The van der Waals surface area contributed by atoms with Gasteiger partial charge in [0, 0.05) is 12.6 Å². The van der Waals surface area contributed by atoms with Crippen molar-refractivity contribution in [1.82, 2.24) is 0 Å². The van der Waals surface area contributed by atoms with Crippen molar-refractivity contribution in [3.05, 3.63) is 0 Å². The molecule has 0 aromatic rings. The zero-order valence-corrected chi connectivity index (χ0v) is 6.42. The predicted octanol–water partition coefficient (Wildman–Crippen LogP) is 0.886. The molecule has 3 N–H and O–H groups in total. The molecule has 1 rings (SSSR count). The van der Waals surface area contributed by atoms with Gasteiger partial charge in [0.2, 0.25) is 0 Å². The molecule has 1 aliphatic carbocycles. The highest BCUT2D eigenvalue weighted by molar-refractivity contribution is 4.75. The highest BCUT2D eigenvalue weighted by Gasteiger charge is 2.21. The molecule has 1 saturated carbocycles. The zero-order valence-electron chi connectivity index (χ0n) is 6.42. The van der Waals surface area contributed by atoms with Crippen LogP contribution < -0.4 is 5.73 Å². The van der Waals surface area contributed by atoms with Gasteiger partial charge in [-0.1, -0.05) is 12.8 Å². The van der Waals surface area contributed by atoms with Crippen molar-refractivity contribution in [2.75, 3.05) is 6.61 Å². The van der Waals surface area contributed by atoms with E-state index in [1.165, 1.54) is 19.3 Å². The molecule has 1 fully saturated rings. The number of hydrogen-bond acceptors (Lipinski definition) is 2. The van der Waals surface area contributed by atoms with Crippen LogP contribution in [-0.2, 0) is 0 Å². The van der Waals surface area contributed by atoms with Crippen LogP contribution in [0.25, 0.3) is 0 Å². The van der Waals surface area contributed by atoms with Gasteiger partial charge in [0.05, 0.1) is 0 Å². The summed E-state index contributed by atoms with van der Waals surface area (Å²) >= 11 is 0. The first-order valence-corrected chi connectivity index (χ1v) is 4.19. The molecule has 0 spiro atoms. The Morgan fingerprint density at radius 1 is 1.40 bits per heavy atom. The van der Waals surface area contributed by atoms with Crippen molar-refractivity contribution < 1.29 is 5.11 Å². The maximum Gasteiger partial charge on any atom is 0.0445 e. The molecule has 1 unspecified atom stereocenters. The van der Waals surface area contributed by atoms with Crippen molar-refractivity contribution in [3.8, 4) is 0 Å². The summed E-state index contributed by atoms with van der Waals surface area (Å²) < 4.78 is 0. The van der Waals surface area contributed by atoms with Crippen LogP contribution in [-0.4, -0.2) is 17.8 Å². The van der Waals surface area contributed by atoms with Gasteiger partial charge < -0.3 is 10.8 Å². The van der Waals surface area contributed by atoms with Crippen molar-refractivity contribution in [2.24, 2.45) is 11.7 Å². The minimum atomic E-state index is 0.241. The van der Waals surface area contributed by atoms with Gasteiger partial charge in [-0.05, 0) is 25.2 Å². The average Bonchev–Trinajstić information content (AvgIpc) is 2.67. The fraction of sp³-hybridized carbons (Fsp3) is 1.00. The van der Waals surface area contributed by atoms with E-state index < -0.39 is 0 Å². The maximum atomic E-state index is 8.54. The largest absolute Gasteiger partial charge is 0.396 e. The Morgan fingerprint density at radius 2 is 2.10 bits per heavy atom. The van der Waals surface area contributed by atoms with Gasteiger partial charge in [0.1, 0.15) is 0 Å². The van der Waals surface area contributed by atoms with Gasteiger partial charge in [0.15, 0.2) is 0 Å². The molecule has 0 saturated heterocycles. The first-order valence-electron chi connectivity index (χ1n) is 4.19. The van der Waals surface area contributed by atoms with Crippen LogP contribution >= 0.6 is 0 Å². The summed E-state index contributed by atoms with van der Waals surface area (Å²) in [4.78, 5) is 0. The molecule has 2 heteroatoms. The molecule has 2 nitrogen and oxygen atoms in total. The number of nitrogens with two attached hydrogens (primary N) is 1. The molecule has 0 aromatic carbocycles. The van der Waals surface area contributed by atoms with Crippen LogP contribution in [0.2, 0.25) is 0 Å². The Bertz CT molecular complexity index is 91.3. The minimum absolute atomic E-state index is 0.241. The van der Waals surface area contributed by atoms with Gasteiger partial charge >= 0.3 is 0 Å². The number of rotatable bonds is 5. The molecule has 0 aliphatic heterocycles. The summed E-state index contributed by atoms with van der Waals surface area (Å²) in [7, 11) is 0. The first kappa shape index (κ1) is 8.02. The Balaban J connectivity index is 1.89. The fourth-order valence-corrected chi connectivity index (χ4v) is 1.17. The summed E-state index contributed by atoms with van der Waals surface area (Å²) in [6.07, 6.45) is 5.97. The lowest BCUT2D eigenvalue weighted by Gasteiger charge is -2.07. The van der Waals surface area contributed by atoms with Crippen LogP contribution in [0.1, 0.15) is 32.1 Å². The van der Waals surface area contributed by atoms with E-state index in [2.05, 4.69) is 0 Å². The topological polar surface area (TPSA) is 46.2 Å². The normalized spacial score (nSPS) is 21.0. The van der Waals surface area contributed by atoms with Gasteiger partial charge in [-0.2, -0.15) is 0 Å². The van der Waals surface area contributed by atoms with Crippen molar-refractivity contribution >= 4 is 0 Å². The van der Waals surface area contributed by atoms with E-state index in [1.54, 1.807) is 0 Å². The van der Waals surface area contributed by atoms with Gasteiger partial charge in [-0.3, -0.25) is 0 Å². The monoisotopic (exact) mass is 143 g/mol. The zero-order chi connectivity index (χ0) is 7.40. The quantitative estimate of drug-likeness (QED) is 0.600. The number of aliphatic hydroxyl groups is 1. The van der Waals surface area contributed by atoms with Gasteiger partial charge in [0.25, 0.3) is 0 Å². The standard InChI is InChI=1S/C8H17NO/c9-8(5-6-10)4-3-7-1-2-7/h7-8,10H,1-6,9H2. The third-order valence-corrected chi connectivity index (χ3v) is 2.14. The van der Waals surface area contributed by atoms with E-state index in [1.807, 2.05) is 0 Å². The second kappa shape index (κ2) is 3.94. The average molecular weight is 143 g/mol. The molecule has 0 bridgehead atoms. The van der Waals surface area contributed by atoms with E-state index in [0.29, 0.717) is 0 Å². The van der Waals surface area contributed by atoms with Crippen LogP contribution in [0, 0.1) is 5.92 Å².